The molecule has 0 aliphatic heterocycles. The predicted octanol–water partition coefficient (Wildman–Crippen LogP) is -3.73. The van der Waals surface area contributed by atoms with E-state index in [1.165, 1.54) is 0 Å². The van der Waals surface area contributed by atoms with Gasteiger partial charge in [0.2, 0.25) is 0 Å². The average Bonchev–Trinajstić information content (AvgIpc) is 2.18. The zero-order chi connectivity index (χ0) is 11.7. The maximum atomic E-state index is 10.4. The first-order valence-electron chi connectivity index (χ1n) is 4.22. The van der Waals surface area contributed by atoms with Crippen LogP contribution in [-0.4, -0.2) is 68.2 Å². The van der Waals surface area contributed by atoms with Crippen LogP contribution in [0.5, 0.6) is 0 Å². The van der Waals surface area contributed by atoms with Gasteiger partial charge in [-0.2, -0.15) is 0 Å². The molecule has 0 aromatic heterocycles. The third-order valence-corrected chi connectivity index (χ3v) is 2.33. The second-order valence-corrected chi connectivity index (χ2v) is 3.35. The van der Waals surface area contributed by atoms with Crippen molar-refractivity contribution in [3.63, 3.8) is 0 Å². The van der Waals surface area contributed by atoms with Crippen LogP contribution in [0.1, 0.15) is 0 Å². The molecule has 1 rings (SSSR count). The van der Waals surface area contributed by atoms with E-state index in [4.69, 9.17) is 5.11 Å². The maximum Gasteiger partial charge on any atom is 0.404 e. The first-order chi connectivity index (χ1) is 6.86. The monoisotopic (exact) mass is 223 g/mol. The SMILES string of the molecule is NC(=O)OC1[C@H](O)[C@H](O)C(O)[C@H](O)[C@H]1O. The number of carbonyl (C=O) groups is 1. The molecule has 1 aliphatic rings. The molecule has 15 heavy (non-hydrogen) atoms. The van der Waals surface area contributed by atoms with E-state index < -0.39 is 42.7 Å². The summed E-state index contributed by atoms with van der Waals surface area (Å²) in [6.45, 7) is 0. The van der Waals surface area contributed by atoms with Gasteiger partial charge in [-0.15, -0.1) is 0 Å². The van der Waals surface area contributed by atoms with Crippen LogP contribution in [0.4, 0.5) is 4.79 Å². The Morgan fingerprint density at radius 1 is 0.867 bits per heavy atom. The van der Waals surface area contributed by atoms with Crippen LogP contribution in [0.15, 0.2) is 0 Å². The molecule has 2 unspecified atom stereocenters. The van der Waals surface area contributed by atoms with Gasteiger partial charge in [0, 0.05) is 0 Å². The minimum atomic E-state index is -1.73. The van der Waals surface area contributed by atoms with Crippen LogP contribution in [0.2, 0.25) is 0 Å². The summed E-state index contributed by atoms with van der Waals surface area (Å²) >= 11 is 0. The summed E-state index contributed by atoms with van der Waals surface area (Å²) in [5, 5.41) is 46.2. The quantitative estimate of drug-likeness (QED) is 0.267. The molecule has 88 valence electrons. The summed E-state index contributed by atoms with van der Waals surface area (Å²) in [7, 11) is 0. The zero-order valence-electron chi connectivity index (χ0n) is 7.59. The first-order valence-corrected chi connectivity index (χ1v) is 4.22. The Kier molecular flexibility index (Phi) is 3.47. The Balaban J connectivity index is 2.81. The number of nitrogens with two attached hydrogens (primary N) is 1. The molecular formula is C7H13NO7. The first kappa shape index (κ1) is 12.1. The van der Waals surface area contributed by atoms with E-state index in [0.717, 1.165) is 0 Å². The number of ether oxygens (including phenoxy) is 1. The number of amides is 1. The summed E-state index contributed by atoms with van der Waals surface area (Å²) < 4.78 is 4.31. The third-order valence-electron chi connectivity index (χ3n) is 2.33. The van der Waals surface area contributed by atoms with Crippen molar-refractivity contribution in [2.24, 2.45) is 5.73 Å². The molecule has 1 aliphatic carbocycles. The van der Waals surface area contributed by atoms with Crippen molar-refractivity contribution in [1.82, 2.24) is 0 Å². The summed E-state index contributed by atoms with van der Waals surface area (Å²) in [6.07, 6.45) is -11.5. The molecule has 0 radical (unpaired) electrons. The molecule has 0 aromatic carbocycles. The third kappa shape index (κ3) is 2.19. The number of primary amides is 1. The number of aliphatic hydroxyl groups is 5. The molecule has 1 fully saturated rings. The van der Waals surface area contributed by atoms with Crippen LogP contribution < -0.4 is 5.73 Å². The number of rotatable bonds is 1. The summed E-state index contributed by atoms with van der Waals surface area (Å²) in [5.74, 6) is 0. The Hall–Kier alpha value is -0.930. The standard InChI is InChI=1S/C7H13NO7/c8-7(14)15-6-4(12)2(10)1(9)3(11)5(6)13/h1-6,9-13H,(H2,8,14)/t1?,2-,3+,4-,5-,6?/m1/s1. The van der Waals surface area contributed by atoms with Crippen LogP contribution in [0.25, 0.3) is 0 Å². The molecule has 7 N–H and O–H groups in total. The van der Waals surface area contributed by atoms with Gasteiger partial charge in [0.1, 0.15) is 30.5 Å². The van der Waals surface area contributed by atoms with Gasteiger partial charge < -0.3 is 36.0 Å². The van der Waals surface area contributed by atoms with Gasteiger partial charge >= 0.3 is 6.09 Å². The summed E-state index contributed by atoms with van der Waals surface area (Å²) in [6, 6.07) is 0. The van der Waals surface area contributed by atoms with Crippen molar-refractivity contribution in [3.8, 4) is 0 Å². The topological polar surface area (TPSA) is 153 Å². The molecule has 0 heterocycles. The molecule has 6 atom stereocenters. The van der Waals surface area contributed by atoms with Crippen molar-refractivity contribution < 1.29 is 35.1 Å². The van der Waals surface area contributed by atoms with E-state index in [0.29, 0.717) is 0 Å². The largest absolute Gasteiger partial charge is 0.441 e. The Morgan fingerprint density at radius 3 is 1.53 bits per heavy atom. The zero-order valence-corrected chi connectivity index (χ0v) is 7.59. The van der Waals surface area contributed by atoms with Gasteiger partial charge in [-0.25, -0.2) is 4.79 Å². The van der Waals surface area contributed by atoms with Gasteiger partial charge in [-0.3, -0.25) is 0 Å². The lowest BCUT2D eigenvalue weighted by Gasteiger charge is -2.40. The molecule has 1 saturated carbocycles. The molecule has 0 bridgehead atoms. The van der Waals surface area contributed by atoms with Gasteiger partial charge in [-0.1, -0.05) is 0 Å². The highest BCUT2D eigenvalue weighted by Crippen LogP contribution is 2.23. The van der Waals surface area contributed by atoms with E-state index in [1.54, 1.807) is 0 Å². The van der Waals surface area contributed by atoms with Crippen LogP contribution in [-0.2, 0) is 4.74 Å². The van der Waals surface area contributed by atoms with E-state index in [-0.39, 0.29) is 0 Å². The molecular weight excluding hydrogens is 210 g/mol. The van der Waals surface area contributed by atoms with Gasteiger partial charge in [-0.05, 0) is 0 Å². The van der Waals surface area contributed by atoms with Crippen molar-refractivity contribution >= 4 is 6.09 Å². The van der Waals surface area contributed by atoms with Gasteiger partial charge in [0.15, 0.2) is 6.10 Å². The second kappa shape index (κ2) is 4.29. The van der Waals surface area contributed by atoms with Crippen molar-refractivity contribution in [2.75, 3.05) is 0 Å². The normalized spacial score (nSPS) is 46.2. The maximum absolute atomic E-state index is 10.4. The minimum absolute atomic E-state index is 1.27. The highest BCUT2D eigenvalue weighted by atomic mass is 16.6. The summed E-state index contributed by atoms with van der Waals surface area (Å²) in [5.41, 5.74) is 4.66. The Labute approximate surface area is 84.5 Å². The number of hydrogen-bond acceptors (Lipinski definition) is 7. The lowest BCUT2D eigenvalue weighted by molar-refractivity contribution is -0.222. The van der Waals surface area contributed by atoms with Gasteiger partial charge in [0.05, 0.1) is 0 Å². The lowest BCUT2D eigenvalue weighted by atomic mass is 9.85. The number of hydrogen-bond donors (Lipinski definition) is 6. The Morgan fingerprint density at radius 2 is 1.20 bits per heavy atom. The van der Waals surface area contributed by atoms with Crippen LogP contribution >= 0.6 is 0 Å². The highest BCUT2D eigenvalue weighted by molar-refractivity contribution is 5.65. The minimum Gasteiger partial charge on any atom is -0.441 e. The van der Waals surface area contributed by atoms with Crippen LogP contribution in [0.3, 0.4) is 0 Å². The van der Waals surface area contributed by atoms with Crippen molar-refractivity contribution in [2.45, 2.75) is 36.6 Å². The molecule has 8 heteroatoms. The van der Waals surface area contributed by atoms with Crippen molar-refractivity contribution in [1.29, 1.82) is 0 Å². The molecule has 0 aromatic rings. The van der Waals surface area contributed by atoms with Crippen molar-refractivity contribution in [3.05, 3.63) is 0 Å². The van der Waals surface area contributed by atoms with E-state index in [9.17, 15) is 25.2 Å². The molecule has 0 spiro atoms. The fourth-order valence-corrected chi connectivity index (χ4v) is 1.47. The Bertz CT molecular complexity index is 231. The second-order valence-electron chi connectivity index (χ2n) is 3.35. The molecule has 0 saturated heterocycles. The number of aliphatic hydroxyl groups excluding tert-OH is 5. The summed E-state index contributed by atoms with van der Waals surface area (Å²) in [4.78, 5) is 10.4. The van der Waals surface area contributed by atoms with E-state index in [2.05, 4.69) is 10.5 Å². The van der Waals surface area contributed by atoms with Crippen LogP contribution in [0, 0.1) is 0 Å². The average molecular weight is 223 g/mol. The smallest absolute Gasteiger partial charge is 0.404 e. The molecule has 1 amide bonds. The number of carbonyl (C=O) groups excluding carboxylic acids is 1. The fraction of sp³-hybridized carbons (Fsp3) is 0.857. The van der Waals surface area contributed by atoms with E-state index >= 15 is 0 Å². The molecule has 8 nitrogen and oxygen atoms in total. The van der Waals surface area contributed by atoms with Gasteiger partial charge in [0.25, 0.3) is 0 Å². The predicted molar refractivity (Wildman–Crippen MR) is 44.5 cm³/mol. The van der Waals surface area contributed by atoms with E-state index in [1.807, 2.05) is 0 Å². The lowest BCUT2D eigenvalue weighted by Crippen LogP contribution is -2.64. The highest BCUT2D eigenvalue weighted by Gasteiger charge is 2.50. The fourth-order valence-electron chi connectivity index (χ4n) is 1.47.